The van der Waals surface area contributed by atoms with Gasteiger partial charge in [-0.2, -0.15) is 13.2 Å². The van der Waals surface area contributed by atoms with Crippen molar-refractivity contribution in [3.8, 4) is 0 Å². The van der Waals surface area contributed by atoms with Gasteiger partial charge in [0, 0.05) is 0 Å². The van der Waals surface area contributed by atoms with Crippen LogP contribution in [0.3, 0.4) is 0 Å². The fraction of sp³-hybridized carbons (Fsp3) is 0.455. The summed E-state index contributed by atoms with van der Waals surface area (Å²) in [6.45, 7) is 2.91. The van der Waals surface area contributed by atoms with Crippen molar-refractivity contribution in [2.75, 3.05) is 13.2 Å². The minimum atomic E-state index is -4.97. The number of halogens is 5. The van der Waals surface area contributed by atoms with Gasteiger partial charge in [-0.3, -0.25) is 4.57 Å². The van der Waals surface area contributed by atoms with Crippen molar-refractivity contribution in [3.63, 3.8) is 0 Å². The van der Waals surface area contributed by atoms with E-state index in [0.29, 0.717) is 6.07 Å². The number of alkyl halides is 3. The Bertz CT molecular complexity index is 523. The van der Waals surface area contributed by atoms with Crippen LogP contribution in [0, 0.1) is 5.82 Å². The molecule has 0 unspecified atom stereocenters. The monoisotopic (exact) mass is 334 g/mol. The summed E-state index contributed by atoms with van der Waals surface area (Å²) in [7, 11) is -3.97. The van der Waals surface area contributed by atoms with Gasteiger partial charge in [-0.15, -0.1) is 0 Å². The quantitative estimate of drug-likeness (QED) is 0.592. The molecule has 1 aromatic rings. The molecule has 9 heteroatoms. The van der Waals surface area contributed by atoms with Gasteiger partial charge in [-0.1, -0.05) is 11.6 Å². The lowest BCUT2D eigenvalue weighted by molar-refractivity contribution is -0.139. The van der Waals surface area contributed by atoms with Gasteiger partial charge in [-0.05, 0) is 26.0 Å². The van der Waals surface area contributed by atoms with Crippen LogP contribution in [-0.2, 0) is 19.8 Å². The summed E-state index contributed by atoms with van der Waals surface area (Å²) in [6.07, 6.45) is -4.97. The van der Waals surface area contributed by atoms with Crippen LogP contribution in [0.2, 0.25) is 5.02 Å². The van der Waals surface area contributed by atoms with Crippen molar-refractivity contribution >= 4 is 24.5 Å². The van der Waals surface area contributed by atoms with Gasteiger partial charge in [0.05, 0.1) is 29.1 Å². The van der Waals surface area contributed by atoms with Crippen LogP contribution in [0.25, 0.3) is 0 Å². The topological polar surface area (TPSA) is 35.5 Å². The fourth-order valence-electron chi connectivity index (χ4n) is 1.47. The van der Waals surface area contributed by atoms with Gasteiger partial charge in [0.2, 0.25) is 0 Å². The molecule has 114 valence electrons. The fourth-order valence-corrected chi connectivity index (χ4v) is 3.39. The standard InChI is InChI=1S/C11H12ClF4O3P/c1-3-18-20(17,19-4-2)7-5-8(11(14,15)16)10(13)9(12)6-7/h5-6H,3-4H2,1-2H3. The third-order valence-corrected chi connectivity index (χ3v) is 4.59. The maximum Gasteiger partial charge on any atom is 0.419 e. The van der Waals surface area contributed by atoms with E-state index in [0.717, 1.165) is 6.07 Å². The largest absolute Gasteiger partial charge is 0.419 e. The molecule has 0 aliphatic rings. The molecule has 0 atom stereocenters. The van der Waals surface area contributed by atoms with E-state index >= 15 is 0 Å². The van der Waals surface area contributed by atoms with Gasteiger partial charge in [0.1, 0.15) is 0 Å². The molecule has 3 nitrogen and oxygen atoms in total. The average molecular weight is 335 g/mol. The Hall–Kier alpha value is -0.620. The highest BCUT2D eigenvalue weighted by Crippen LogP contribution is 2.48. The summed E-state index contributed by atoms with van der Waals surface area (Å²) in [6, 6.07) is 1.21. The normalized spacial score (nSPS) is 12.8. The Balaban J connectivity index is 3.45. The second-order valence-electron chi connectivity index (χ2n) is 3.62. The summed E-state index contributed by atoms with van der Waals surface area (Å²) in [5.74, 6) is -1.62. The molecule has 0 saturated carbocycles. The van der Waals surface area contributed by atoms with E-state index in [1.165, 1.54) is 13.8 Å². The molecule has 0 amide bonds. The van der Waals surface area contributed by atoms with Gasteiger partial charge < -0.3 is 9.05 Å². The van der Waals surface area contributed by atoms with Crippen molar-refractivity contribution in [2.24, 2.45) is 0 Å². The highest BCUT2D eigenvalue weighted by atomic mass is 35.5. The average Bonchev–Trinajstić information content (AvgIpc) is 2.31. The van der Waals surface area contributed by atoms with Crippen molar-refractivity contribution < 1.29 is 31.2 Å². The molecule has 0 aliphatic carbocycles. The zero-order valence-electron chi connectivity index (χ0n) is 10.6. The first-order valence-electron chi connectivity index (χ1n) is 5.61. The molecule has 0 saturated heterocycles. The summed E-state index contributed by atoms with van der Waals surface area (Å²) >= 11 is 5.42. The van der Waals surface area contributed by atoms with Crippen LogP contribution in [0.5, 0.6) is 0 Å². The van der Waals surface area contributed by atoms with Crippen LogP contribution >= 0.6 is 19.2 Å². The van der Waals surface area contributed by atoms with E-state index < -0.39 is 35.5 Å². The number of rotatable bonds is 5. The van der Waals surface area contributed by atoms with Crippen molar-refractivity contribution in [1.82, 2.24) is 0 Å². The first kappa shape index (κ1) is 17.4. The van der Waals surface area contributed by atoms with Gasteiger partial charge >= 0.3 is 13.8 Å². The van der Waals surface area contributed by atoms with E-state index in [1.54, 1.807) is 0 Å². The number of hydrogen-bond donors (Lipinski definition) is 0. The lowest BCUT2D eigenvalue weighted by Gasteiger charge is -2.19. The maximum atomic E-state index is 13.4. The smallest absolute Gasteiger partial charge is 0.305 e. The van der Waals surface area contributed by atoms with Crippen LogP contribution in [0.4, 0.5) is 17.6 Å². The molecule has 0 fully saturated rings. The third kappa shape index (κ3) is 3.73. The Morgan fingerprint density at radius 3 is 2.10 bits per heavy atom. The Morgan fingerprint density at radius 1 is 1.20 bits per heavy atom. The van der Waals surface area contributed by atoms with Gasteiger partial charge in [0.15, 0.2) is 5.82 Å². The van der Waals surface area contributed by atoms with E-state index in [1.807, 2.05) is 0 Å². The van der Waals surface area contributed by atoms with E-state index in [9.17, 15) is 22.1 Å². The van der Waals surface area contributed by atoms with E-state index in [2.05, 4.69) is 0 Å². The summed E-state index contributed by atoms with van der Waals surface area (Å²) in [4.78, 5) is 0. The highest BCUT2D eigenvalue weighted by Gasteiger charge is 2.38. The number of benzene rings is 1. The molecular formula is C11H12ClF4O3P. The minimum Gasteiger partial charge on any atom is -0.305 e. The second-order valence-corrected chi connectivity index (χ2v) is 6.05. The summed E-state index contributed by atoms with van der Waals surface area (Å²) < 4.78 is 73.7. The molecule has 1 rings (SSSR count). The van der Waals surface area contributed by atoms with Gasteiger partial charge in [-0.25, -0.2) is 4.39 Å². The maximum absolute atomic E-state index is 13.4. The number of hydrogen-bond acceptors (Lipinski definition) is 3. The van der Waals surface area contributed by atoms with Crippen molar-refractivity contribution in [1.29, 1.82) is 0 Å². The molecule has 0 heterocycles. The van der Waals surface area contributed by atoms with Crippen LogP contribution in [0.15, 0.2) is 12.1 Å². The van der Waals surface area contributed by atoms with Crippen LogP contribution in [0.1, 0.15) is 19.4 Å². The Morgan fingerprint density at radius 2 is 1.70 bits per heavy atom. The molecular weight excluding hydrogens is 323 g/mol. The van der Waals surface area contributed by atoms with Crippen LogP contribution < -0.4 is 5.30 Å². The van der Waals surface area contributed by atoms with E-state index in [4.69, 9.17) is 20.6 Å². The minimum absolute atomic E-state index is 0.0480. The predicted molar refractivity (Wildman–Crippen MR) is 66.9 cm³/mol. The molecule has 0 radical (unpaired) electrons. The predicted octanol–water partition coefficient (Wildman–Crippen LogP) is 4.39. The highest BCUT2D eigenvalue weighted by molar-refractivity contribution is 7.62. The second kappa shape index (κ2) is 6.43. The zero-order chi connectivity index (χ0) is 15.6. The molecule has 0 aromatic heterocycles. The molecule has 0 N–H and O–H groups in total. The Labute approximate surface area is 118 Å². The Kier molecular flexibility index (Phi) is 5.61. The molecule has 0 bridgehead atoms. The summed E-state index contributed by atoms with van der Waals surface area (Å²) in [5, 5.41) is -1.23. The molecule has 20 heavy (non-hydrogen) atoms. The molecule has 0 aliphatic heterocycles. The SMILES string of the molecule is CCOP(=O)(OCC)c1cc(Cl)c(F)c(C(F)(F)F)c1. The lowest BCUT2D eigenvalue weighted by Crippen LogP contribution is -2.17. The van der Waals surface area contributed by atoms with Crippen LogP contribution in [-0.4, -0.2) is 13.2 Å². The lowest BCUT2D eigenvalue weighted by atomic mass is 10.2. The van der Waals surface area contributed by atoms with Crippen molar-refractivity contribution in [3.05, 3.63) is 28.5 Å². The first-order valence-corrected chi connectivity index (χ1v) is 7.53. The van der Waals surface area contributed by atoms with Crippen molar-refractivity contribution in [2.45, 2.75) is 20.0 Å². The van der Waals surface area contributed by atoms with E-state index in [-0.39, 0.29) is 13.2 Å². The summed E-state index contributed by atoms with van der Waals surface area (Å²) in [5.41, 5.74) is -1.61. The third-order valence-electron chi connectivity index (χ3n) is 2.23. The van der Waals surface area contributed by atoms with Gasteiger partial charge in [0.25, 0.3) is 0 Å². The molecule has 0 spiro atoms. The zero-order valence-corrected chi connectivity index (χ0v) is 12.3. The molecule has 1 aromatic carbocycles. The first-order chi connectivity index (χ1) is 9.15.